The lowest BCUT2D eigenvalue weighted by Crippen LogP contribution is -2.53. The number of alkyl halides is 3. The Balaban J connectivity index is 1.54. The van der Waals surface area contributed by atoms with Gasteiger partial charge >= 0.3 is 6.18 Å². The van der Waals surface area contributed by atoms with Gasteiger partial charge in [-0.1, -0.05) is 5.16 Å². The number of nitrogens with zero attached hydrogens (tertiary/aromatic N) is 3. The summed E-state index contributed by atoms with van der Waals surface area (Å²) in [5, 5.41) is 13.6. The molecule has 2 saturated heterocycles. The zero-order valence-electron chi connectivity index (χ0n) is 12.7. The number of ether oxygens (including phenoxy) is 1. The highest BCUT2D eigenvalue weighted by atomic mass is 19.4. The van der Waals surface area contributed by atoms with E-state index in [1.165, 1.54) is 0 Å². The number of hydrogen-bond acceptors (Lipinski definition) is 6. The average Bonchev–Trinajstić information content (AvgIpc) is 2.98. The van der Waals surface area contributed by atoms with Crippen LogP contribution in [0.25, 0.3) is 0 Å². The molecule has 0 bridgehead atoms. The summed E-state index contributed by atoms with van der Waals surface area (Å²) in [5.74, 6) is 1.25. The molecule has 9 heteroatoms. The Labute approximate surface area is 131 Å². The zero-order valence-corrected chi connectivity index (χ0v) is 12.7. The predicted octanol–water partition coefficient (Wildman–Crippen LogP) is 1.85. The molecule has 1 aromatic heterocycles. The van der Waals surface area contributed by atoms with Gasteiger partial charge in [0.15, 0.2) is 11.4 Å². The fourth-order valence-electron chi connectivity index (χ4n) is 3.01. The Morgan fingerprint density at radius 3 is 2.48 bits per heavy atom. The summed E-state index contributed by atoms with van der Waals surface area (Å²) in [5.41, 5.74) is -2.58. The second-order valence-corrected chi connectivity index (χ2v) is 6.24. The van der Waals surface area contributed by atoms with Crippen LogP contribution in [0.1, 0.15) is 43.3 Å². The largest absolute Gasteiger partial charge is 0.417 e. The third-order valence-electron chi connectivity index (χ3n) is 4.63. The number of aliphatic hydroxyl groups is 1. The quantitative estimate of drug-likeness (QED) is 0.909. The van der Waals surface area contributed by atoms with Crippen LogP contribution in [0.5, 0.6) is 0 Å². The molecular formula is C14H20F3N3O3. The first kappa shape index (κ1) is 16.7. The molecule has 0 spiro atoms. The van der Waals surface area contributed by atoms with Crippen molar-refractivity contribution in [3.05, 3.63) is 11.7 Å². The molecule has 1 aromatic rings. The van der Waals surface area contributed by atoms with Gasteiger partial charge in [-0.05, 0) is 25.7 Å². The van der Waals surface area contributed by atoms with Gasteiger partial charge in [-0.15, -0.1) is 0 Å². The first-order valence-electron chi connectivity index (χ1n) is 7.79. The Bertz CT molecular complexity index is 521. The van der Waals surface area contributed by atoms with Gasteiger partial charge in [0.1, 0.15) is 0 Å². The van der Waals surface area contributed by atoms with Crippen LogP contribution in [0.15, 0.2) is 4.52 Å². The number of hydrogen-bond donors (Lipinski definition) is 1. The lowest BCUT2D eigenvalue weighted by atomic mass is 9.91. The molecule has 2 fully saturated rings. The van der Waals surface area contributed by atoms with Crippen molar-refractivity contribution in [3.63, 3.8) is 0 Å². The van der Waals surface area contributed by atoms with Crippen molar-refractivity contribution in [2.24, 2.45) is 0 Å². The second kappa shape index (κ2) is 6.37. The van der Waals surface area contributed by atoms with E-state index >= 15 is 0 Å². The fraction of sp³-hybridized carbons (Fsp3) is 0.857. The van der Waals surface area contributed by atoms with Crippen LogP contribution in [0.2, 0.25) is 0 Å². The number of rotatable bonds is 3. The molecule has 2 aliphatic heterocycles. The van der Waals surface area contributed by atoms with Crippen LogP contribution in [0.3, 0.4) is 0 Å². The molecule has 3 rings (SSSR count). The van der Waals surface area contributed by atoms with Crippen molar-refractivity contribution in [3.8, 4) is 0 Å². The van der Waals surface area contributed by atoms with Crippen LogP contribution >= 0.6 is 0 Å². The van der Waals surface area contributed by atoms with Crippen LogP contribution in [-0.2, 0) is 11.3 Å². The molecule has 2 aliphatic rings. The molecule has 1 N–H and O–H groups in total. The minimum absolute atomic E-state index is 0.150. The molecule has 0 unspecified atom stereocenters. The summed E-state index contributed by atoms with van der Waals surface area (Å²) >= 11 is 0. The maximum atomic E-state index is 12.8. The van der Waals surface area contributed by atoms with Crippen molar-refractivity contribution in [2.45, 2.75) is 49.9 Å². The number of piperidine rings is 1. The van der Waals surface area contributed by atoms with Gasteiger partial charge in [0.2, 0.25) is 5.89 Å². The van der Waals surface area contributed by atoms with Gasteiger partial charge in [-0.25, -0.2) is 0 Å². The highest BCUT2D eigenvalue weighted by Gasteiger charge is 2.54. The fourth-order valence-corrected chi connectivity index (χ4v) is 3.01. The van der Waals surface area contributed by atoms with E-state index in [2.05, 4.69) is 10.1 Å². The van der Waals surface area contributed by atoms with Crippen LogP contribution in [-0.4, -0.2) is 58.2 Å². The van der Waals surface area contributed by atoms with E-state index in [0.717, 1.165) is 12.8 Å². The Kier molecular flexibility index (Phi) is 4.61. The topological polar surface area (TPSA) is 71.6 Å². The van der Waals surface area contributed by atoms with Crippen LogP contribution in [0, 0.1) is 0 Å². The maximum Gasteiger partial charge on any atom is 0.417 e. The molecule has 3 heterocycles. The van der Waals surface area contributed by atoms with Crippen molar-refractivity contribution in [2.75, 3.05) is 26.3 Å². The monoisotopic (exact) mass is 335 g/mol. The van der Waals surface area contributed by atoms with Gasteiger partial charge in [-0.2, -0.15) is 18.2 Å². The summed E-state index contributed by atoms with van der Waals surface area (Å²) in [6.07, 6.45) is -3.57. The Hall–Kier alpha value is -1.19. The first-order valence-corrected chi connectivity index (χ1v) is 7.79. The van der Waals surface area contributed by atoms with Crippen LogP contribution in [0.4, 0.5) is 13.2 Å². The third-order valence-corrected chi connectivity index (χ3v) is 4.63. The van der Waals surface area contributed by atoms with Gasteiger partial charge in [-0.3, -0.25) is 4.90 Å². The molecular weight excluding hydrogens is 315 g/mol. The third kappa shape index (κ3) is 3.67. The molecule has 0 saturated carbocycles. The van der Waals surface area contributed by atoms with Crippen molar-refractivity contribution in [1.29, 1.82) is 0 Å². The summed E-state index contributed by atoms with van der Waals surface area (Å²) in [7, 11) is 0. The van der Waals surface area contributed by atoms with Gasteiger partial charge in [0, 0.05) is 32.2 Å². The van der Waals surface area contributed by atoms with E-state index in [1.54, 1.807) is 4.90 Å². The van der Waals surface area contributed by atoms with Gasteiger partial charge in [0.05, 0.1) is 6.54 Å². The second-order valence-electron chi connectivity index (χ2n) is 6.24. The van der Waals surface area contributed by atoms with Crippen molar-refractivity contribution >= 4 is 0 Å². The number of aromatic nitrogens is 2. The molecule has 0 aliphatic carbocycles. The highest BCUT2D eigenvalue weighted by Crippen LogP contribution is 2.38. The minimum Gasteiger partial charge on any atom is -0.381 e. The molecule has 0 atom stereocenters. The van der Waals surface area contributed by atoms with Gasteiger partial charge < -0.3 is 14.4 Å². The van der Waals surface area contributed by atoms with Gasteiger partial charge in [0.25, 0.3) is 0 Å². The summed E-state index contributed by atoms with van der Waals surface area (Å²) < 4.78 is 48.9. The lowest BCUT2D eigenvalue weighted by Gasteiger charge is -2.38. The van der Waals surface area contributed by atoms with E-state index in [-0.39, 0.29) is 31.8 Å². The van der Waals surface area contributed by atoms with E-state index < -0.39 is 11.8 Å². The maximum absolute atomic E-state index is 12.8. The number of halogens is 3. The number of likely N-dealkylation sites (tertiary alicyclic amines) is 1. The normalized spacial score (nSPS) is 24.0. The minimum atomic E-state index is -4.58. The molecule has 23 heavy (non-hydrogen) atoms. The lowest BCUT2D eigenvalue weighted by molar-refractivity contribution is -0.272. The summed E-state index contributed by atoms with van der Waals surface area (Å²) in [6, 6.07) is 0. The van der Waals surface area contributed by atoms with Crippen molar-refractivity contribution < 1.29 is 27.5 Å². The smallest absolute Gasteiger partial charge is 0.381 e. The average molecular weight is 335 g/mol. The van der Waals surface area contributed by atoms with E-state index in [9.17, 15) is 18.3 Å². The molecule has 0 amide bonds. The van der Waals surface area contributed by atoms with E-state index in [0.29, 0.717) is 31.5 Å². The molecule has 6 nitrogen and oxygen atoms in total. The van der Waals surface area contributed by atoms with E-state index in [4.69, 9.17) is 9.26 Å². The summed E-state index contributed by atoms with van der Waals surface area (Å²) in [4.78, 5) is 6.16. The zero-order chi connectivity index (χ0) is 16.5. The van der Waals surface area contributed by atoms with Crippen LogP contribution < -0.4 is 0 Å². The Morgan fingerprint density at radius 2 is 1.87 bits per heavy atom. The SMILES string of the molecule is OC1(C(F)(F)F)CCN(Cc2noc(C3CCOCC3)n2)CC1. The predicted molar refractivity (Wildman–Crippen MR) is 72.6 cm³/mol. The molecule has 0 radical (unpaired) electrons. The molecule has 0 aromatic carbocycles. The highest BCUT2D eigenvalue weighted by molar-refractivity contribution is 4.97. The Morgan fingerprint density at radius 1 is 1.22 bits per heavy atom. The van der Waals surface area contributed by atoms with Crippen molar-refractivity contribution in [1.82, 2.24) is 15.0 Å². The molecule has 130 valence electrons. The standard InChI is InChI=1S/C14H20F3N3O3/c15-14(16,17)13(21)3-5-20(6-4-13)9-11-18-12(23-19-11)10-1-7-22-8-2-10/h10,21H,1-9H2. The summed E-state index contributed by atoms with van der Waals surface area (Å²) in [6.45, 7) is 1.98. The van der Waals surface area contributed by atoms with E-state index in [1.807, 2.05) is 0 Å². The first-order chi connectivity index (χ1) is 10.9.